The van der Waals surface area contributed by atoms with E-state index in [0.29, 0.717) is 17.4 Å². The summed E-state index contributed by atoms with van der Waals surface area (Å²) in [5, 5.41) is 0. The molecule has 1 heteroatoms. The molecule has 1 aromatic rings. The average Bonchev–Trinajstić information content (AvgIpc) is 2.66. The zero-order valence-corrected chi connectivity index (χ0v) is 9.25. The zero-order chi connectivity index (χ0) is 10.3. The fourth-order valence-electron chi connectivity index (χ4n) is 2.43. The molecule has 1 aliphatic carbocycles. The van der Waals surface area contributed by atoms with Crippen LogP contribution in [0.2, 0.25) is 0 Å². The lowest BCUT2D eigenvalue weighted by atomic mass is 9.97. The van der Waals surface area contributed by atoms with E-state index in [1.807, 2.05) is 0 Å². The normalized spacial score (nSPS) is 28.9. The van der Waals surface area contributed by atoms with E-state index in [4.69, 9.17) is 5.73 Å². The molecule has 0 amide bonds. The third kappa shape index (κ3) is 1.27. The Kier molecular flexibility index (Phi) is 2.15. The summed E-state index contributed by atoms with van der Waals surface area (Å²) in [7, 11) is 0. The van der Waals surface area contributed by atoms with Crippen molar-refractivity contribution in [3.63, 3.8) is 0 Å². The summed E-state index contributed by atoms with van der Waals surface area (Å²) < 4.78 is 0. The van der Waals surface area contributed by atoms with Crippen LogP contribution in [-0.2, 0) is 6.42 Å². The van der Waals surface area contributed by atoms with Crippen LogP contribution < -0.4 is 5.73 Å². The highest BCUT2D eigenvalue weighted by molar-refractivity contribution is 5.39. The molecule has 14 heavy (non-hydrogen) atoms. The lowest BCUT2D eigenvalue weighted by molar-refractivity contribution is 0.598. The Morgan fingerprint density at radius 2 is 1.86 bits per heavy atom. The second-order valence-electron chi connectivity index (χ2n) is 4.88. The molecule has 0 saturated heterocycles. The highest BCUT2D eigenvalue weighted by Gasteiger charge is 2.56. The van der Waals surface area contributed by atoms with Crippen molar-refractivity contribution < 1.29 is 0 Å². The predicted molar refractivity (Wildman–Crippen MR) is 60.3 cm³/mol. The van der Waals surface area contributed by atoms with Gasteiger partial charge in [0.25, 0.3) is 0 Å². The Morgan fingerprint density at radius 1 is 1.29 bits per heavy atom. The Bertz CT molecular complexity index is 341. The van der Waals surface area contributed by atoms with E-state index >= 15 is 0 Å². The van der Waals surface area contributed by atoms with Gasteiger partial charge in [-0.2, -0.15) is 0 Å². The molecule has 2 unspecified atom stereocenters. The molecule has 1 saturated carbocycles. The molecule has 0 radical (unpaired) electrons. The predicted octanol–water partition coefficient (Wildman–Crippen LogP) is 2.70. The summed E-state index contributed by atoms with van der Waals surface area (Å²) in [6, 6.07) is 9.03. The Morgan fingerprint density at radius 3 is 2.36 bits per heavy atom. The number of hydrogen-bond acceptors (Lipinski definition) is 1. The Hall–Kier alpha value is -0.820. The minimum absolute atomic E-state index is 0.297. The van der Waals surface area contributed by atoms with Crippen molar-refractivity contribution in [1.82, 2.24) is 0 Å². The van der Waals surface area contributed by atoms with Crippen molar-refractivity contribution in [2.75, 3.05) is 0 Å². The van der Waals surface area contributed by atoms with E-state index in [9.17, 15) is 0 Å². The number of nitrogens with two attached hydrogens (primary N) is 1. The first-order valence-electron chi connectivity index (χ1n) is 5.42. The SMILES string of the molecule is CCc1ccccc1C1C(N)C1(C)C. The standard InChI is InChI=1S/C13H19N/c1-4-9-7-5-6-8-10(9)11-12(14)13(11,2)3/h5-8,11-12H,4,14H2,1-3H3. The summed E-state index contributed by atoms with van der Waals surface area (Å²) in [6.45, 7) is 6.73. The van der Waals surface area contributed by atoms with Gasteiger partial charge >= 0.3 is 0 Å². The van der Waals surface area contributed by atoms with Crippen LogP contribution in [0.1, 0.15) is 37.8 Å². The van der Waals surface area contributed by atoms with Gasteiger partial charge in [0.05, 0.1) is 0 Å². The van der Waals surface area contributed by atoms with Crippen molar-refractivity contribution in [3.05, 3.63) is 35.4 Å². The highest BCUT2D eigenvalue weighted by Crippen LogP contribution is 2.57. The fourth-order valence-corrected chi connectivity index (χ4v) is 2.43. The lowest BCUT2D eigenvalue weighted by Gasteiger charge is -2.08. The maximum atomic E-state index is 6.10. The topological polar surface area (TPSA) is 26.0 Å². The van der Waals surface area contributed by atoms with Crippen LogP contribution in [0.15, 0.2) is 24.3 Å². The van der Waals surface area contributed by atoms with Crippen molar-refractivity contribution >= 4 is 0 Å². The number of aryl methyl sites for hydroxylation is 1. The van der Waals surface area contributed by atoms with E-state index in [1.165, 1.54) is 11.1 Å². The van der Waals surface area contributed by atoms with E-state index < -0.39 is 0 Å². The van der Waals surface area contributed by atoms with Gasteiger partial charge < -0.3 is 5.73 Å². The average molecular weight is 189 g/mol. The smallest absolute Gasteiger partial charge is 0.0172 e. The third-order valence-corrected chi connectivity index (χ3v) is 3.68. The van der Waals surface area contributed by atoms with Gasteiger partial charge in [0.1, 0.15) is 0 Å². The fraction of sp³-hybridized carbons (Fsp3) is 0.538. The quantitative estimate of drug-likeness (QED) is 0.760. The second-order valence-corrected chi connectivity index (χ2v) is 4.88. The van der Waals surface area contributed by atoms with Crippen LogP contribution in [0.25, 0.3) is 0 Å². The van der Waals surface area contributed by atoms with Crippen LogP contribution in [-0.4, -0.2) is 6.04 Å². The highest BCUT2D eigenvalue weighted by atomic mass is 14.8. The number of hydrogen-bond donors (Lipinski definition) is 1. The van der Waals surface area contributed by atoms with E-state index in [-0.39, 0.29) is 0 Å². The van der Waals surface area contributed by atoms with Crippen molar-refractivity contribution in [3.8, 4) is 0 Å². The molecule has 1 aromatic carbocycles. The molecule has 0 spiro atoms. The van der Waals surface area contributed by atoms with Gasteiger partial charge in [-0.25, -0.2) is 0 Å². The van der Waals surface area contributed by atoms with Crippen LogP contribution in [0.3, 0.4) is 0 Å². The second kappa shape index (κ2) is 3.09. The van der Waals surface area contributed by atoms with Crippen molar-refractivity contribution in [1.29, 1.82) is 0 Å². The monoisotopic (exact) mass is 189 g/mol. The maximum absolute atomic E-state index is 6.10. The first-order chi connectivity index (χ1) is 6.59. The van der Waals surface area contributed by atoms with Crippen LogP contribution >= 0.6 is 0 Å². The minimum Gasteiger partial charge on any atom is -0.327 e. The zero-order valence-electron chi connectivity index (χ0n) is 9.25. The number of benzene rings is 1. The molecular weight excluding hydrogens is 170 g/mol. The van der Waals surface area contributed by atoms with Gasteiger partial charge in [0.15, 0.2) is 0 Å². The summed E-state index contributed by atoms with van der Waals surface area (Å²) in [5.41, 5.74) is 9.32. The minimum atomic E-state index is 0.297. The first kappa shape index (κ1) is 9.72. The van der Waals surface area contributed by atoms with Gasteiger partial charge in [-0.3, -0.25) is 0 Å². The van der Waals surface area contributed by atoms with E-state index in [0.717, 1.165) is 6.42 Å². The van der Waals surface area contributed by atoms with Crippen LogP contribution in [0, 0.1) is 5.41 Å². The van der Waals surface area contributed by atoms with Crippen molar-refractivity contribution in [2.24, 2.45) is 11.1 Å². The molecule has 2 N–H and O–H groups in total. The molecule has 0 aliphatic heterocycles. The summed E-state index contributed by atoms with van der Waals surface area (Å²) in [5.74, 6) is 0.568. The molecular formula is C13H19N. The molecule has 76 valence electrons. The molecule has 0 aromatic heterocycles. The van der Waals surface area contributed by atoms with Gasteiger partial charge in [-0.15, -0.1) is 0 Å². The molecule has 1 fully saturated rings. The summed E-state index contributed by atoms with van der Waals surface area (Å²) >= 11 is 0. The third-order valence-electron chi connectivity index (χ3n) is 3.68. The molecule has 2 atom stereocenters. The van der Waals surface area contributed by atoms with Crippen molar-refractivity contribution in [2.45, 2.75) is 39.2 Å². The van der Waals surface area contributed by atoms with Gasteiger partial charge in [0.2, 0.25) is 0 Å². The first-order valence-corrected chi connectivity index (χ1v) is 5.42. The molecule has 2 rings (SSSR count). The lowest BCUT2D eigenvalue weighted by Crippen LogP contribution is -2.06. The van der Waals surface area contributed by atoms with E-state index in [2.05, 4.69) is 45.0 Å². The molecule has 1 nitrogen and oxygen atoms in total. The number of rotatable bonds is 2. The summed E-state index contributed by atoms with van der Waals surface area (Å²) in [4.78, 5) is 0. The Labute approximate surface area is 86.3 Å². The van der Waals surface area contributed by atoms with Gasteiger partial charge in [-0.05, 0) is 23.0 Å². The van der Waals surface area contributed by atoms with Gasteiger partial charge in [0, 0.05) is 12.0 Å². The van der Waals surface area contributed by atoms with Crippen LogP contribution in [0.5, 0.6) is 0 Å². The Balaban J connectivity index is 2.34. The van der Waals surface area contributed by atoms with Crippen LogP contribution in [0.4, 0.5) is 0 Å². The summed E-state index contributed by atoms with van der Waals surface area (Å²) in [6.07, 6.45) is 1.11. The maximum Gasteiger partial charge on any atom is 0.0172 e. The molecule has 0 heterocycles. The molecule has 1 aliphatic rings. The largest absolute Gasteiger partial charge is 0.327 e. The molecule has 0 bridgehead atoms. The van der Waals surface area contributed by atoms with Gasteiger partial charge in [-0.1, -0.05) is 45.0 Å². The van der Waals surface area contributed by atoms with E-state index in [1.54, 1.807) is 0 Å².